The van der Waals surface area contributed by atoms with Crippen LogP contribution in [0, 0.1) is 0 Å². The topological polar surface area (TPSA) is 17.0 Å². The molecule has 1 aliphatic rings. The summed E-state index contributed by atoms with van der Waals surface area (Å²) in [5.74, 6) is 0. The zero-order valence-corrected chi connectivity index (χ0v) is 30.2. The van der Waals surface area contributed by atoms with Crippen molar-refractivity contribution in [3.8, 4) is 50.2 Å². The number of aromatic nitrogens is 1. The summed E-state index contributed by atoms with van der Waals surface area (Å²) >= 11 is 0. The van der Waals surface area contributed by atoms with Crippen molar-refractivity contribution in [3.05, 3.63) is 200 Å². The number of anilines is 1. The van der Waals surface area contributed by atoms with Gasteiger partial charge in [0.1, 0.15) is 0 Å². The smallest absolute Gasteiger partial charge is 0.0698 e. The Bertz CT molecular complexity index is 3070. The van der Waals surface area contributed by atoms with Crippen molar-refractivity contribution in [2.24, 2.45) is 0 Å². The Morgan fingerprint density at radius 2 is 0.945 bits per heavy atom. The van der Waals surface area contributed by atoms with E-state index in [1.165, 1.54) is 99.1 Å². The number of benzene rings is 9. The van der Waals surface area contributed by atoms with E-state index in [9.17, 15) is 0 Å². The number of hydrogen-bond acceptors (Lipinski definition) is 1. The fourth-order valence-electron chi connectivity index (χ4n) is 8.85. The van der Waals surface area contributed by atoms with Crippen LogP contribution in [-0.2, 0) is 0 Å². The van der Waals surface area contributed by atoms with Gasteiger partial charge in [0.05, 0.1) is 16.9 Å². The molecule has 1 aliphatic heterocycles. The van der Waals surface area contributed by atoms with Crippen LogP contribution < -0.4 is 5.32 Å². The average molecular weight is 701 g/mol. The molecular formula is C53H36N2. The van der Waals surface area contributed by atoms with Crippen LogP contribution in [0.1, 0.15) is 5.69 Å². The van der Waals surface area contributed by atoms with Gasteiger partial charge in [-0.05, 0) is 131 Å². The first-order chi connectivity index (χ1) is 27.3. The van der Waals surface area contributed by atoms with Crippen LogP contribution >= 0.6 is 0 Å². The predicted octanol–water partition coefficient (Wildman–Crippen LogP) is 14.2. The van der Waals surface area contributed by atoms with Gasteiger partial charge in [0, 0.05) is 17.6 Å². The Balaban J connectivity index is 1.17. The Kier molecular flexibility index (Phi) is 7.28. The molecule has 11 rings (SSSR count). The zero-order chi connectivity index (χ0) is 36.3. The van der Waals surface area contributed by atoms with Gasteiger partial charge in [-0.15, -0.1) is 0 Å². The monoisotopic (exact) mass is 700 g/mol. The number of nitrogens with one attached hydrogen (secondary N) is 1. The van der Waals surface area contributed by atoms with Gasteiger partial charge in [0.15, 0.2) is 0 Å². The first-order valence-electron chi connectivity index (χ1n) is 19.1. The van der Waals surface area contributed by atoms with Crippen LogP contribution in [0.4, 0.5) is 5.69 Å². The summed E-state index contributed by atoms with van der Waals surface area (Å²) in [6, 6.07) is 69.1. The normalized spacial score (nSPS) is 12.4. The van der Waals surface area contributed by atoms with Gasteiger partial charge in [0.2, 0.25) is 0 Å². The number of fused-ring (bicyclic) bond motifs is 6. The van der Waals surface area contributed by atoms with Crippen molar-refractivity contribution in [2.45, 2.75) is 0 Å². The highest BCUT2D eigenvalue weighted by Gasteiger charge is 2.21. The van der Waals surface area contributed by atoms with Crippen LogP contribution in [0.5, 0.6) is 0 Å². The van der Waals surface area contributed by atoms with Crippen molar-refractivity contribution >= 4 is 55.0 Å². The third-order valence-electron chi connectivity index (χ3n) is 11.3. The highest BCUT2D eigenvalue weighted by molar-refractivity contribution is 6.22. The van der Waals surface area contributed by atoms with E-state index in [-0.39, 0.29) is 0 Å². The first kappa shape index (κ1) is 31.4. The van der Waals surface area contributed by atoms with Crippen LogP contribution in [0.25, 0.3) is 99.5 Å². The molecule has 258 valence electrons. The van der Waals surface area contributed by atoms with Crippen molar-refractivity contribution < 1.29 is 0 Å². The van der Waals surface area contributed by atoms with Crippen LogP contribution in [-0.4, -0.2) is 11.1 Å². The Morgan fingerprint density at radius 1 is 0.382 bits per heavy atom. The molecule has 0 spiro atoms. The van der Waals surface area contributed by atoms with Crippen LogP contribution in [0.15, 0.2) is 194 Å². The fourth-order valence-corrected chi connectivity index (χ4v) is 8.85. The summed E-state index contributed by atoms with van der Waals surface area (Å²) in [5.41, 5.74) is 14.5. The first-order valence-corrected chi connectivity index (χ1v) is 19.1. The highest BCUT2D eigenvalue weighted by Crippen LogP contribution is 2.46. The third-order valence-corrected chi connectivity index (χ3v) is 11.3. The zero-order valence-electron chi connectivity index (χ0n) is 30.2. The van der Waals surface area contributed by atoms with Crippen molar-refractivity contribution in [3.63, 3.8) is 0 Å². The van der Waals surface area contributed by atoms with Gasteiger partial charge in [-0.3, -0.25) is 0 Å². The minimum absolute atomic E-state index is 0.814. The highest BCUT2D eigenvalue weighted by atomic mass is 15.0. The van der Waals surface area contributed by atoms with E-state index in [1.54, 1.807) is 0 Å². The molecule has 1 aromatic heterocycles. The predicted molar refractivity (Wildman–Crippen MR) is 235 cm³/mol. The molecule has 0 fully saturated rings. The Labute approximate surface area is 320 Å². The van der Waals surface area contributed by atoms with E-state index >= 15 is 0 Å². The van der Waals surface area contributed by atoms with Crippen molar-refractivity contribution in [1.29, 1.82) is 0 Å². The maximum Gasteiger partial charge on any atom is 0.0698 e. The lowest BCUT2D eigenvalue weighted by Crippen LogP contribution is -2.05. The molecule has 2 heteroatoms. The molecule has 10 aromatic rings. The lowest BCUT2D eigenvalue weighted by molar-refractivity contribution is 1.10. The van der Waals surface area contributed by atoms with Gasteiger partial charge in [0.25, 0.3) is 0 Å². The van der Waals surface area contributed by atoms with Crippen molar-refractivity contribution in [1.82, 2.24) is 4.57 Å². The molecule has 0 saturated carbocycles. The molecule has 0 radical (unpaired) electrons. The van der Waals surface area contributed by atoms with E-state index in [4.69, 9.17) is 0 Å². The molecule has 0 saturated heterocycles. The minimum atomic E-state index is 0.814. The van der Waals surface area contributed by atoms with Crippen molar-refractivity contribution in [2.75, 3.05) is 11.9 Å². The number of para-hydroxylation sites is 1. The van der Waals surface area contributed by atoms with Gasteiger partial charge >= 0.3 is 0 Å². The standard InChI is InChI=1S/C53H36N2/c1-3-14-35(15-4-1)40-31-41(38-27-28-49-48(34-38)53-50(24-13-29-54-53)55(49)43-18-5-2-6-19-43)33-42(32-40)52-46-22-11-9-20-44(46)51(45-21-10-12-23-47(45)52)39-26-25-36-16-7-8-17-37(36)30-39/h1-28,30-34,54H,29H2. The molecule has 9 aromatic carbocycles. The van der Waals surface area contributed by atoms with Gasteiger partial charge in [-0.2, -0.15) is 0 Å². The fraction of sp³-hybridized carbons (Fsp3) is 0.0189. The van der Waals surface area contributed by atoms with Gasteiger partial charge in [-0.25, -0.2) is 0 Å². The van der Waals surface area contributed by atoms with Gasteiger partial charge in [-0.1, -0.05) is 146 Å². The average Bonchev–Trinajstić information content (AvgIpc) is 3.59. The molecule has 2 nitrogen and oxygen atoms in total. The number of nitrogens with zero attached hydrogens (tertiary/aromatic N) is 1. The van der Waals surface area contributed by atoms with E-state index in [0.29, 0.717) is 0 Å². The number of hydrogen-bond donors (Lipinski definition) is 1. The molecule has 0 amide bonds. The molecule has 0 atom stereocenters. The molecule has 0 unspecified atom stereocenters. The summed E-state index contributed by atoms with van der Waals surface area (Å²) in [4.78, 5) is 0. The second-order valence-corrected chi connectivity index (χ2v) is 14.5. The Hall–Kier alpha value is -7.16. The SMILES string of the molecule is C1=Cc2c(c3cc(-c4cc(-c5ccccc5)cc(-c5c6ccccc6c(-c6ccc7ccccc7c6)c6ccccc56)c4)ccc3n2-c2ccccc2)NC1. The van der Waals surface area contributed by atoms with E-state index < -0.39 is 0 Å². The molecule has 0 aliphatic carbocycles. The molecule has 0 bridgehead atoms. The second-order valence-electron chi connectivity index (χ2n) is 14.5. The molecule has 1 N–H and O–H groups in total. The van der Waals surface area contributed by atoms with E-state index in [2.05, 4.69) is 210 Å². The molecular weight excluding hydrogens is 665 g/mol. The van der Waals surface area contributed by atoms with Crippen LogP contribution in [0.2, 0.25) is 0 Å². The summed E-state index contributed by atoms with van der Waals surface area (Å²) in [6.07, 6.45) is 4.46. The van der Waals surface area contributed by atoms with E-state index in [0.717, 1.165) is 12.2 Å². The lowest BCUT2D eigenvalue weighted by atomic mass is 9.84. The van der Waals surface area contributed by atoms with Crippen LogP contribution in [0.3, 0.4) is 0 Å². The Morgan fingerprint density at radius 3 is 1.65 bits per heavy atom. The quantitative estimate of drug-likeness (QED) is 0.177. The minimum Gasteiger partial charge on any atom is -0.379 e. The molecule has 2 heterocycles. The maximum absolute atomic E-state index is 3.71. The largest absolute Gasteiger partial charge is 0.379 e. The third kappa shape index (κ3) is 5.18. The lowest BCUT2D eigenvalue weighted by Gasteiger charge is -2.19. The van der Waals surface area contributed by atoms with Gasteiger partial charge < -0.3 is 9.88 Å². The summed E-state index contributed by atoms with van der Waals surface area (Å²) in [6.45, 7) is 0.814. The maximum atomic E-state index is 3.71. The molecule has 55 heavy (non-hydrogen) atoms. The second kappa shape index (κ2) is 12.8. The summed E-state index contributed by atoms with van der Waals surface area (Å²) < 4.78 is 2.37. The van der Waals surface area contributed by atoms with E-state index in [1.807, 2.05) is 0 Å². The number of rotatable bonds is 5. The summed E-state index contributed by atoms with van der Waals surface area (Å²) in [7, 11) is 0. The summed E-state index contributed by atoms with van der Waals surface area (Å²) in [5, 5.41) is 12.5.